The van der Waals surface area contributed by atoms with Crippen LogP contribution < -0.4 is 10.6 Å². The molecule has 1 heterocycles. The highest BCUT2D eigenvalue weighted by atomic mass is 35.5. The number of aromatic nitrogens is 1. The van der Waals surface area contributed by atoms with Crippen LogP contribution in [0.15, 0.2) is 5.38 Å². The smallest absolute Gasteiger partial charge is 0.233 e. The van der Waals surface area contributed by atoms with Crippen LogP contribution in [0.25, 0.3) is 0 Å². The molecule has 1 aliphatic rings. The highest BCUT2D eigenvalue weighted by molar-refractivity contribution is 7.09. The molecule has 140 valence electrons. The molecule has 1 saturated carbocycles. The van der Waals surface area contributed by atoms with Crippen molar-refractivity contribution in [3.05, 3.63) is 16.1 Å². The summed E-state index contributed by atoms with van der Waals surface area (Å²) in [4.78, 5) is 16.4. The van der Waals surface area contributed by atoms with Crippen LogP contribution >= 0.6 is 36.2 Å². The van der Waals surface area contributed by atoms with Crippen molar-refractivity contribution >= 4 is 42.1 Å². The fourth-order valence-corrected chi connectivity index (χ4v) is 3.65. The van der Waals surface area contributed by atoms with E-state index < -0.39 is 0 Å². The number of ether oxygens (including phenoxy) is 1. The third-order valence-corrected chi connectivity index (χ3v) is 4.95. The molecule has 0 bridgehead atoms. The quantitative estimate of drug-likeness (QED) is 0.628. The molecular weight excluding hydrogens is 369 g/mol. The zero-order valence-corrected chi connectivity index (χ0v) is 16.7. The Morgan fingerprint density at radius 2 is 2.04 bits per heavy atom. The van der Waals surface area contributed by atoms with Gasteiger partial charge in [0, 0.05) is 37.9 Å². The number of nitrogens with one attached hydrogen (secondary N) is 2. The Morgan fingerprint density at radius 1 is 1.29 bits per heavy atom. The van der Waals surface area contributed by atoms with Crippen LogP contribution in [-0.4, -0.2) is 44.2 Å². The summed E-state index contributed by atoms with van der Waals surface area (Å²) in [6.45, 7) is 2.31. The topological polar surface area (TPSA) is 63.2 Å². The summed E-state index contributed by atoms with van der Waals surface area (Å²) in [6, 6.07) is 0. The van der Waals surface area contributed by atoms with Crippen molar-refractivity contribution in [1.29, 1.82) is 0 Å². The first kappa shape index (κ1) is 23.6. The average Bonchev–Trinajstić information content (AvgIpc) is 3.01. The molecule has 0 saturated heterocycles. The van der Waals surface area contributed by atoms with Crippen LogP contribution in [0.4, 0.5) is 0 Å². The van der Waals surface area contributed by atoms with Crippen molar-refractivity contribution in [3.63, 3.8) is 0 Å². The molecule has 0 atom stereocenters. The summed E-state index contributed by atoms with van der Waals surface area (Å²) in [5, 5.41) is 9.29. The predicted octanol–water partition coefficient (Wildman–Crippen LogP) is 2.93. The summed E-state index contributed by atoms with van der Waals surface area (Å²) in [5.41, 5.74) is 1.27. The Bertz CT molecular complexity index is 454. The molecule has 2 N–H and O–H groups in total. The molecule has 0 unspecified atom stereocenters. The highest BCUT2D eigenvalue weighted by Crippen LogP contribution is 2.32. The molecule has 1 fully saturated rings. The third kappa shape index (κ3) is 8.62. The van der Waals surface area contributed by atoms with Crippen molar-refractivity contribution in [2.45, 2.75) is 44.4 Å². The van der Waals surface area contributed by atoms with E-state index in [-0.39, 0.29) is 30.7 Å². The minimum atomic E-state index is 0. The number of hydrogen-bond acceptors (Lipinski definition) is 5. The molecule has 8 heteroatoms. The first-order chi connectivity index (χ1) is 10.8. The Morgan fingerprint density at radius 3 is 2.75 bits per heavy atom. The summed E-state index contributed by atoms with van der Waals surface area (Å²) >= 11 is 1.72. The van der Waals surface area contributed by atoms with Gasteiger partial charge in [-0.15, -0.1) is 36.2 Å². The van der Waals surface area contributed by atoms with E-state index in [1.165, 1.54) is 37.8 Å². The number of rotatable bonds is 9. The number of halogens is 2. The fourth-order valence-electron chi connectivity index (χ4n) is 2.77. The Hall–Kier alpha value is -0.400. The van der Waals surface area contributed by atoms with Crippen LogP contribution in [0.5, 0.6) is 0 Å². The molecule has 0 aliphatic heterocycles. The van der Waals surface area contributed by atoms with Crippen LogP contribution in [-0.2, 0) is 16.0 Å². The van der Waals surface area contributed by atoms with E-state index in [0.29, 0.717) is 32.2 Å². The fraction of sp³-hybridized carbons (Fsp3) is 0.750. The summed E-state index contributed by atoms with van der Waals surface area (Å²) in [6.07, 6.45) is 7.44. The number of hydrogen-bond donors (Lipinski definition) is 2. The van der Waals surface area contributed by atoms with Gasteiger partial charge in [0.2, 0.25) is 5.91 Å². The third-order valence-electron chi connectivity index (χ3n) is 4.02. The predicted molar refractivity (Wildman–Crippen MR) is 104 cm³/mol. The SMILES string of the molecule is COCCNCC(=O)NCCc1nc(C2CCCCC2)cs1.Cl.Cl. The van der Waals surface area contributed by atoms with Gasteiger partial charge in [-0.25, -0.2) is 4.98 Å². The maximum atomic E-state index is 11.6. The van der Waals surface area contributed by atoms with Crippen molar-refractivity contribution in [2.24, 2.45) is 0 Å². The van der Waals surface area contributed by atoms with Gasteiger partial charge < -0.3 is 15.4 Å². The van der Waals surface area contributed by atoms with Gasteiger partial charge in [0.15, 0.2) is 0 Å². The Labute approximate surface area is 161 Å². The summed E-state index contributed by atoms with van der Waals surface area (Å²) < 4.78 is 4.91. The molecule has 0 radical (unpaired) electrons. The Balaban J connectivity index is 0.00000264. The number of methoxy groups -OCH3 is 1. The van der Waals surface area contributed by atoms with E-state index in [0.717, 1.165) is 11.4 Å². The van der Waals surface area contributed by atoms with Gasteiger partial charge in [0.1, 0.15) is 0 Å². The van der Waals surface area contributed by atoms with Crippen molar-refractivity contribution in [2.75, 3.05) is 33.4 Å². The lowest BCUT2D eigenvalue weighted by Gasteiger charge is -2.19. The molecule has 24 heavy (non-hydrogen) atoms. The monoisotopic (exact) mass is 397 g/mol. The summed E-state index contributed by atoms with van der Waals surface area (Å²) in [5.74, 6) is 0.693. The van der Waals surface area contributed by atoms with Gasteiger partial charge in [-0.1, -0.05) is 19.3 Å². The van der Waals surface area contributed by atoms with Crippen LogP contribution in [0.2, 0.25) is 0 Å². The Kier molecular flexibility index (Phi) is 13.6. The number of nitrogens with zero attached hydrogens (tertiary/aromatic N) is 1. The lowest BCUT2D eigenvalue weighted by molar-refractivity contribution is -0.120. The number of carbonyl (C=O) groups is 1. The van der Waals surface area contributed by atoms with E-state index in [1.54, 1.807) is 18.4 Å². The van der Waals surface area contributed by atoms with Gasteiger partial charge >= 0.3 is 0 Å². The van der Waals surface area contributed by atoms with Gasteiger partial charge in [-0.3, -0.25) is 4.79 Å². The largest absolute Gasteiger partial charge is 0.383 e. The van der Waals surface area contributed by atoms with Crippen molar-refractivity contribution < 1.29 is 9.53 Å². The van der Waals surface area contributed by atoms with Crippen LogP contribution in [0.1, 0.15) is 48.7 Å². The number of amides is 1. The lowest BCUT2D eigenvalue weighted by atomic mass is 9.87. The average molecular weight is 398 g/mol. The standard InChI is InChI=1S/C16H27N3O2S.2ClH/c1-21-10-9-17-11-15(20)18-8-7-16-19-14(12-22-16)13-5-3-2-4-6-13;;/h12-13,17H,2-11H2,1H3,(H,18,20);2*1H. The molecule has 1 aromatic heterocycles. The lowest BCUT2D eigenvalue weighted by Crippen LogP contribution is -2.36. The molecule has 1 aliphatic carbocycles. The van der Waals surface area contributed by atoms with Gasteiger partial charge in [0.05, 0.1) is 23.9 Å². The maximum Gasteiger partial charge on any atom is 0.233 e. The van der Waals surface area contributed by atoms with Crippen molar-refractivity contribution in [1.82, 2.24) is 15.6 Å². The zero-order valence-electron chi connectivity index (χ0n) is 14.2. The maximum absolute atomic E-state index is 11.6. The minimum absolute atomic E-state index is 0. The van der Waals surface area contributed by atoms with Gasteiger partial charge in [-0.05, 0) is 12.8 Å². The second-order valence-electron chi connectivity index (χ2n) is 5.77. The molecular formula is C16H29Cl2N3O2S. The molecule has 1 amide bonds. The second-order valence-corrected chi connectivity index (χ2v) is 6.71. The van der Waals surface area contributed by atoms with Gasteiger partial charge in [0.25, 0.3) is 0 Å². The van der Waals surface area contributed by atoms with E-state index >= 15 is 0 Å². The molecule has 0 aromatic carbocycles. The van der Waals surface area contributed by atoms with E-state index in [4.69, 9.17) is 9.72 Å². The molecule has 2 rings (SSSR count). The van der Waals surface area contributed by atoms with E-state index in [2.05, 4.69) is 16.0 Å². The normalized spacial score (nSPS) is 14.5. The highest BCUT2D eigenvalue weighted by Gasteiger charge is 2.18. The molecule has 1 aromatic rings. The molecule has 0 spiro atoms. The van der Waals surface area contributed by atoms with Crippen LogP contribution in [0, 0.1) is 0 Å². The van der Waals surface area contributed by atoms with Crippen molar-refractivity contribution in [3.8, 4) is 0 Å². The summed E-state index contributed by atoms with van der Waals surface area (Å²) in [7, 11) is 1.65. The van der Waals surface area contributed by atoms with E-state index in [1.807, 2.05) is 0 Å². The van der Waals surface area contributed by atoms with E-state index in [9.17, 15) is 4.79 Å². The first-order valence-corrected chi connectivity index (χ1v) is 9.08. The first-order valence-electron chi connectivity index (χ1n) is 8.20. The zero-order chi connectivity index (χ0) is 15.6. The number of carbonyl (C=O) groups excluding carboxylic acids is 1. The minimum Gasteiger partial charge on any atom is -0.383 e. The van der Waals surface area contributed by atoms with Crippen LogP contribution in [0.3, 0.4) is 0 Å². The molecule has 5 nitrogen and oxygen atoms in total. The second kappa shape index (κ2) is 13.8. The number of thiazole rings is 1. The van der Waals surface area contributed by atoms with Gasteiger partial charge in [-0.2, -0.15) is 0 Å².